The predicted molar refractivity (Wildman–Crippen MR) is 56.8 cm³/mol. The van der Waals surface area contributed by atoms with Gasteiger partial charge in [0, 0.05) is 11.9 Å². The van der Waals surface area contributed by atoms with Gasteiger partial charge in [-0.15, -0.1) is 0 Å². The van der Waals surface area contributed by atoms with Gasteiger partial charge in [-0.05, 0) is 24.3 Å². The Morgan fingerprint density at radius 1 is 1.07 bits per heavy atom. The summed E-state index contributed by atoms with van der Waals surface area (Å²) in [7, 11) is 0. The van der Waals surface area contributed by atoms with Gasteiger partial charge < -0.3 is 0 Å². The Morgan fingerprint density at radius 3 is 2.47 bits per heavy atom. The average molecular weight is 196 g/mol. The minimum atomic E-state index is -0.286. The van der Waals surface area contributed by atoms with Gasteiger partial charge >= 0.3 is 0 Å². The lowest BCUT2D eigenvalue weighted by Gasteiger charge is -2.04. The van der Waals surface area contributed by atoms with Crippen molar-refractivity contribution in [1.29, 1.82) is 5.26 Å². The molecule has 0 aliphatic rings. The van der Waals surface area contributed by atoms with Gasteiger partial charge in [0.25, 0.3) is 5.56 Å². The largest absolute Gasteiger partial charge is 0.283 e. The third-order valence-corrected chi connectivity index (χ3v) is 2.10. The van der Waals surface area contributed by atoms with Crippen molar-refractivity contribution >= 4 is 0 Å². The van der Waals surface area contributed by atoms with Crippen LogP contribution in [0.5, 0.6) is 0 Å². The summed E-state index contributed by atoms with van der Waals surface area (Å²) in [5.74, 6) is 0. The molecule has 0 unspecified atom stereocenters. The molecule has 0 spiro atoms. The van der Waals surface area contributed by atoms with Gasteiger partial charge in [-0.1, -0.05) is 18.2 Å². The van der Waals surface area contributed by atoms with Gasteiger partial charge in [0.05, 0.1) is 0 Å². The molecule has 72 valence electrons. The van der Waals surface area contributed by atoms with Crippen molar-refractivity contribution in [1.82, 2.24) is 4.57 Å². The van der Waals surface area contributed by atoms with E-state index in [-0.39, 0.29) is 11.1 Å². The van der Waals surface area contributed by atoms with Crippen molar-refractivity contribution < 1.29 is 0 Å². The van der Waals surface area contributed by atoms with Crippen LogP contribution < -0.4 is 5.56 Å². The molecule has 0 saturated carbocycles. The van der Waals surface area contributed by atoms with Crippen LogP contribution in [-0.2, 0) is 0 Å². The van der Waals surface area contributed by atoms with Crippen molar-refractivity contribution in [2.75, 3.05) is 0 Å². The van der Waals surface area contributed by atoms with Crippen molar-refractivity contribution in [3.8, 4) is 11.8 Å². The first-order valence-corrected chi connectivity index (χ1v) is 4.50. The van der Waals surface area contributed by atoms with E-state index in [1.807, 2.05) is 36.4 Å². The van der Waals surface area contributed by atoms with Gasteiger partial charge in [0.1, 0.15) is 11.6 Å². The normalized spacial score (nSPS) is 9.53. The minimum absolute atomic E-state index is 0.154. The number of hydrogen-bond acceptors (Lipinski definition) is 2. The van der Waals surface area contributed by atoms with Crippen LogP contribution >= 0.6 is 0 Å². The van der Waals surface area contributed by atoms with E-state index < -0.39 is 0 Å². The predicted octanol–water partition coefficient (Wildman–Crippen LogP) is 1.71. The highest BCUT2D eigenvalue weighted by Crippen LogP contribution is 2.03. The molecule has 0 amide bonds. The second kappa shape index (κ2) is 3.81. The van der Waals surface area contributed by atoms with Crippen LogP contribution in [-0.4, -0.2) is 4.57 Å². The highest BCUT2D eigenvalue weighted by Gasteiger charge is 2.02. The lowest BCUT2D eigenvalue weighted by atomic mass is 10.2. The molecule has 3 heteroatoms. The second-order valence-electron chi connectivity index (χ2n) is 3.04. The van der Waals surface area contributed by atoms with Crippen LogP contribution in [0.1, 0.15) is 5.56 Å². The zero-order valence-corrected chi connectivity index (χ0v) is 7.92. The molecule has 0 saturated heterocycles. The number of para-hydroxylation sites is 1. The van der Waals surface area contributed by atoms with Crippen LogP contribution in [0.15, 0.2) is 53.5 Å². The summed E-state index contributed by atoms with van der Waals surface area (Å²) in [6.07, 6.45) is 1.65. The van der Waals surface area contributed by atoms with E-state index in [9.17, 15) is 4.79 Å². The molecule has 0 bridgehead atoms. The summed E-state index contributed by atoms with van der Waals surface area (Å²) in [6.45, 7) is 0. The molecule has 0 fully saturated rings. The molecule has 1 aromatic heterocycles. The van der Waals surface area contributed by atoms with E-state index >= 15 is 0 Å². The summed E-state index contributed by atoms with van der Waals surface area (Å²) in [5, 5.41) is 8.73. The number of nitrogens with zero attached hydrogens (tertiary/aromatic N) is 2. The first kappa shape index (κ1) is 9.22. The Morgan fingerprint density at radius 2 is 1.80 bits per heavy atom. The Bertz CT molecular complexity index is 564. The van der Waals surface area contributed by atoms with Crippen molar-refractivity contribution in [2.24, 2.45) is 0 Å². The van der Waals surface area contributed by atoms with Crippen LogP contribution in [0.4, 0.5) is 0 Å². The number of aromatic nitrogens is 1. The Labute approximate surface area is 86.8 Å². The highest BCUT2D eigenvalue weighted by molar-refractivity contribution is 5.35. The van der Waals surface area contributed by atoms with E-state index in [1.165, 1.54) is 10.6 Å². The summed E-state index contributed by atoms with van der Waals surface area (Å²) in [5.41, 5.74) is 0.632. The average Bonchev–Trinajstić information content (AvgIpc) is 2.30. The molecule has 0 radical (unpaired) electrons. The standard InChI is InChI=1S/C12H8N2O/c13-9-10-5-4-8-14(12(10)15)11-6-2-1-3-7-11/h1-8H. The number of benzene rings is 1. The van der Waals surface area contributed by atoms with Crippen molar-refractivity contribution in [2.45, 2.75) is 0 Å². The molecule has 1 heterocycles. The van der Waals surface area contributed by atoms with Gasteiger partial charge in [-0.25, -0.2) is 0 Å². The third kappa shape index (κ3) is 1.65. The zero-order valence-electron chi connectivity index (χ0n) is 7.92. The van der Waals surface area contributed by atoms with Crippen molar-refractivity contribution in [3.05, 3.63) is 64.6 Å². The fourth-order valence-electron chi connectivity index (χ4n) is 1.37. The Balaban J connectivity index is 2.66. The summed E-state index contributed by atoms with van der Waals surface area (Å²) in [6, 6.07) is 14.3. The topological polar surface area (TPSA) is 45.8 Å². The van der Waals surface area contributed by atoms with Crippen LogP contribution in [0, 0.1) is 11.3 Å². The number of nitriles is 1. The highest BCUT2D eigenvalue weighted by atomic mass is 16.1. The van der Waals surface area contributed by atoms with Crippen LogP contribution in [0.2, 0.25) is 0 Å². The molecule has 15 heavy (non-hydrogen) atoms. The van der Waals surface area contributed by atoms with Gasteiger partial charge in [-0.2, -0.15) is 5.26 Å². The first-order chi connectivity index (χ1) is 7.33. The van der Waals surface area contributed by atoms with Gasteiger partial charge in [-0.3, -0.25) is 9.36 Å². The minimum Gasteiger partial charge on any atom is -0.283 e. The molecule has 0 atom stereocenters. The fourth-order valence-corrected chi connectivity index (χ4v) is 1.37. The molecule has 2 rings (SSSR count). The van der Waals surface area contributed by atoms with Gasteiger partial charge in [0.15, 0.2) is 0 Å². The number of rotatable bonds is 1. The van der Waals surface area contributed by atoms with E-state index in [0.717, 1.165) is 5.69 Å². The fraction of sp³-hybridized carbons (Fsp3) is 0. The molecule has 3 nitrogen and oxygen atoms in total. The first-order valence-electron chi connectivity index (χ1n) is 4.50. The third-order valence-electron chi connectivity index (χ3n) is 2.10. The second-order valence-corrected chi connectivity index (χ2v) is 3.04. The summed E-state index contributed by atoms with van der Waals surface area (Å²) < 4.78 is 1.46. The quantitative estimate of drug-likeness (QED) is 0.697. The maximum atomic E-state index is 11.7. The van der Waals surface area contributed by atoms with E-state index in [0.29, 0.717) is 0 Å². The van der Waals surface area contributed by atoms with Crippen LogP contribution in [0.25, 0.3) is 5.69 Å². The molecular formula is C12H8N2O. The molecule has 0 N–H and O–H groups in total. The van der Waals surface area contributed by atoms with E-state index in [1.54, 1.807) is 12.3 Å². The van der Waals surface area contributed by atoms with Crippen LogP contribution in [0.3, 0.4) is 0 Å². The van der Waals surface area contributed by atoms with Crippen molar-refractivity contribution in [3.63, 3.8) is 0 Å². The summed E-state index contributed by atoms with van der Waals surface area (Å²) in [4.78, 5) is 11.7. The molecule has 0 aliphatic carbocycles. The van der Waals surface area contributed by atoms with E-state index in [4.69, 9.17) is 5.26 Å². The Kier molecular flexibility index (Phi) is 2.34. The summed E-state index contributed by atoms with van der Waals surface area (Å²) >= 11 is 0. The SMILES string of the molecule is N#Cc1cccn(-c2ccccc2)c1=O. The lowest BCUT2D eigenvalue weighted by Crippen LogP contribution is -2.19. The molecule has 0 aliphatic heterocycles. The Hall–Kier alpha value is -2.34. The molecular weight excluding hydrogens is 188 g/mol. The van der Waals surface area contributed by atoms with E-state index in [2.05, 4.69) is 0 Å². The number of pyridine rings is 1. The lowest BCUT2D eigenvalue weighted by molar-refractivity contribution is 0.982. The maximum absolute atomic E-state index is 11.7. The monoisotopic (exact) mass is 196 g/mol. The van der Waals surface area contributed by atoms with Gasteiger partial charge in [0.2, 0.25) is 0 Å². The molecule has 1 aromatic carbocycles. The maximum Gasteiger partial charge on any atom is 0.272 e. The zero-order chi connectivity index (χ0) is 10.7. The number of hydrogen-bond donors (Lipinski definition) is 0. The smallest absolute Gasteiger partial charge is 0.272 e. The molecule has 2 aromatic rings.